The molecule has 0 bridgehead atoms. The lowest BCUT2D eigenvalue weighted by Crippen LogP contribution is -2.09. The topological polar surface area (TPSA) is 21.3 Å². The van der Waals surface area contributed by atoms with Crippen molar-refractivity contribution in [1.82, 2.24) is 5.32 Å². The summed E-state index contributed by atoms with van der Waals surface area (Å²) in [5.41, 5.74) is 1.42. The SMILES string of the molecule is CNCCc1csc2cc(OC)ccc12. The Bertz CT molecular complexity index is 450. The largest absolute Gasteiger partial charge is 0.497 e. The molecule has 0 aliphatic rings. The quantitative estimate of drug-likeness (QED) is 0.857. The highest BCUT2D eigenvalue weighted by Crippen LogP contribution is 2.29. The minimum absolute atomic E-state index is 0.935. The van der Waals surface area contributed by atoms with Crippen molar-refractivity contribution in [3.63, 3.8) is 0 Å². The number of benzene rings is 1. The van der Waals surface area contributed by atoms with Gasteiger partial charge in [-0.15, -0.1) is 11.3 Å². The number of hydrogen-bond acceptors (Lipinski definition) is 3. The first-order valence-corrected chi connectivity index (χ1v) is 5.92. The minimum Gasteiger partial charge on any atom is -0.497 e. The van der Waals surface area contributed by atoms with Crippen LogP contribution >= 0.6 is 11.3 Å². The molecule has 0 radical (unpaired) electrons. The van der Waals surface area contributed by atoms with Gasteiger partial charge in [0.15, 0.2) is 0 Å². The Hall–Kier alpha value is -1.06. The van der Waals surface area contributed by atoms with Crippen LogP contribution in [0.15, 0.2) is 23.6 Å². The van der Waals surface area contributed by atoms with Gasteiger partial charge in [-0.1, -0.05) is 0 Å². The van der Waals surface area contributed by atoms with Crippen molar-refractivity contribution in [1.29, 1.82) is 0 Å². The molecule has 1 heterocycles. The normalized spacial score (nSPS) is 10.8. The van der Waals surface area contributed by atoms with Gasteiger partial charge in [-0.3, -0.25) is 0 Å². The first kappa shape index (κ1) is 10.5. The van der Waals surface area contributed by atoms with Crippen molar-refractivity contribution in [2.45, 2.75) is 6.42 Å². The van der Waals surface area contributed by atoms with Crippen LogP contribution < -0.4 is 10.1 Å². The molecule has 2 aromatic rings. The lowest BCUT2D eigenvalue weighted by Gasteiger charge is -2.01. The van der Waals surface area contributed by atoms with E-state index in [0.717, 1.165) is 18.7 Å². The predicted molar refractivity (Wildman–Crippen MR) is 66.0 cm³/mol. The van der Waals surface area contributed by atoms with Gasteiger partial charge >= 0.3 is 0 Å². The Morgan fingerprint density at radius 1 is 1.40 bits per heavy atom. The van der Waals surface area contributed by atoms with Crippen molar-refractivity contribution in [2.24, 2.45) is 0 Å². The van der Waals surface area contributed by atoms with Gasteiger partial charge < -0.3 is 10.1 Å². The van der Waals surface area contributed by atoms with Gasteiger partial charge in [0.05, 0.1) is 7.11 Å². The Morgan fingerprint density at radius 2 is 2.27 bits per heavy atom. The molecule has 15 heavy (non-hydrogen) atoms. The summed E-state index contributed by atoms with van der Waals surface area (Å²) in [4.78, 5) is 0. The molecule has 2 rings (SSSR count). The van der Waals surface area contributed by atoms with Crippen molar-refractivity contribution < 1.29 is 4.74 Å². The Labute approximate surface area is 93.9 Å². The second kappa shape index (κ2) is 4.64. The smallest absolute Gasteiger partial charge is 0.120 e. The molecule has 0 saturated carbocycles. The Morgan fingerprint density at radius 3 is 3.00 bits per heavy atom. The Kier molecular flexibility index (Phi) is 3.23. The van der Waals surface area contributed by atoms with Crippen molar-refractivity contribution >= 4 is 21.4 Å². The number of methoxy groups -OCH3 is 1. The summed E-state index contributed by atoms with van der Waals surface area (Å²) in [5.74, 6) is 0.935. The molecule has 1 N–H and O–H groups in total. The number of ether oxygens (including phenoxy) is 1. The number of likely N-dealkylation sites (N-methyl/N-ethyl adjacent to an activating group) is 1. The second-order valence-electron chi connectivity index (χ2n) is 3.48. The number of hydrogen-bond donors (Lipinski definition) is 1. The molecule has 0 amide bonds. The fourth-order valence-electron chi connectivity index (χ4n) is 1.64. The highest BCUT2D eigenvalue weighted by atomic mass is 32.1. The van der Waals surface area contributed by atoms with Gasteiger partial charge in [0.1, 0.15) is 5.75 Å². The minimum atomic E-state index is 0.935. The molecule has 0 fully saturated rings. The van der Waals surface area contributed by atoms with E-state index >= 15 is 0 Å². The number of rotatable bonds is 4. The predicted octanol–water partition coefficient (Wildman–Crippen LogP) is 2.67. The molecule has 3 heteroatoms. The summed E-state index contributed by atoms with van der Waals surface area (Å²) < 4.78 is 6.51. The highest BCUT2D eigenvalue weighted by Gasteiger charge is 2.04. The molecule has 2 nitrogen and oxygen atoms in total. The molecule has 1 aromatic heterocycles. The van der Waals surface area contributed by atoms with Gasteiger partial charge in [0, 0.05) is 4.70 Å². The summed E-state index contributed by atoms with van der Waals surface area (Å²) in [6.07, 6.45) is 1.09. The van der Waals surface area contributed by atoms with Crippen molar-refractivity contribution in [3.05, 3.63) is 29.1 Å². The maximum Gasteiger partial charge on any atom is 0.120 e. The summed E-state index contributed by atoms with van der Waals surface area (Å²) >= 11 is 1.79. The highest BCUT2D eigenvalue weighted by molar-refractivity contribution is 7.17. The third-order valence-electron chi connectivity index (χ3n) is 2.51. The van der Waals surface area contributed by atoms with E-state index < -0.39 is 0 Å². The third kappa shape index (κ3) is 2.13. The van der Waals surface area contributed by atoms with Crippen LogP contribution in [0.5, 0.6) is 5.75 Å². The van der Waals surface area contributed by atoms with E-state index in [4.69, 9.17) is 4.74 Å². The molecule has 0 atom stereocenters. The van der Waals surface area contributed by atoms with E-state index in [0.29, 0.717) is 0 Å². The number of fused-ring (bicyclic) bond motifs is 1. The molecular weight excluding hydrogens is 206 g/mol. The van der Waals surface area contributed by atoms with E-state index in [1.807, 2.05) is 13.1 Å². The van der Waals surface area contributed by atoms with Crippen LogP contribution in [-0.2, 0) is 6.42 Å². The zero-order valence-corrected chi connectivity index (χ0v) is 9.86. The lowest BCUT2D eigenvalue weighted by atomic mass is 10.1. The zero-order valence-electron chi connectivity index (χ0n) is 9.04. The first-order chi connectivity index (χ1) is 7.35. The molecule has 0 saturated heterocycles. The van der Waals surface area contributed by atoms with Gasteiger partial charge in [-0.2, -0.15) is 0 Å². The summed E-state index contributed by atoms with van der Waals surface area (Å²) in [7, 11) is 3.69. The molecule has 80 valence electrons. The molecule has 0 aliphatic carbocycles. The van der Waals surface area contributed by atoms with E-state index in [1.54, 1.807) is 18.4 Å². The van der Waals surface area contributed by atoms with Crippen LogP contribution in [0.4, 0.5) is 0 Å². The number of nitrogens with one attached hydrogen (secondary N) is 1. The summed E-state index contributed by atoms with van der Waals surface area (Å²) in [6.45, 7) is 1.03. The Balaban J connectivity index is 2.34. The van der Waals surface area contributed by atoms with Gasteiger partial charge in [0.25, 0.3) is 0 Å². The molecule has 0 unspecified atom stereocenters. The average molecular weight is 221 g/mol. The standard InChI is InChI=1S/C12H15NOS/c1-13-6-5-9-8-15-12-7-10(14-2)3-4-11(9)12/h3-4,7-8,13H,5-6H2,1-2H3. The summed E-state index contributed by atoms with van der Waals surface area (Å²) in [6, 6.07) is 6.27. The summed E-state index contributed by atoms with van der Waals surface area (Å²) in [5, 5.41) is 6.77. The van der Waals surface area contributed by atoms with Gasteiger partial charge in [-0.25, -0.2) is 0 Å². The third-order valence-corrected chi connectivity index (χ3v) is 3.50. The maximum atomic E-state index is 5.21. The molecular formula is C12H15NOS. The van der Waals surface area contributed by atoms with Crippen molar-refractivity contribution in [2.75, 3.05) is 20.7 Å². The maximum absolute atomic E-state index is 5.21. The van der Waals surface area contributed by atoms with E-state index in [9.17, 15) is 0 Å². The van der Waals surface area contributed by atoms with E-state index in [-0.39, 0.29) is 0 Å². The molecule has 1 aromatic carbocycles. The van der Waals surface area contributed by atoms with Crippen LogP contribution in [0.1, 0.15) is 5.56 Å². The lowest BCUT2D eigenvalue weighted by molar-refractivity contribution is 0.415. The van der Waals surface area contributed by atoms with Crippen LogP contribution in [0.25, 0.3) is 10.1 Å². The molecule has 0 aliphatic heterocycles. The van der Waals surface area contributed by atoms with Gasteiger partial charge in [0.2, 0.25) is 0 Å². The number of thiophene rings is 1. The fourth-order valence-corrected chi connectivity index (χ4v) is 2.67. The van der Waals surface area contributed by atoms with Crippen molar-refractivity contribution in [3.8, 4) is 5.75 Å². The fraction of sp³-hybridized carbons (Fsp3) is 0.333. The second-order valence-corrected chi connectivity index (χ2v) is 4.39. The van der Waals surface area contributed by atoms with Crippen LogP contribution in [0, 0.1) is 0 Å². The van der Waals surface area contributed by atoms with Crippen LogP contribution in [0.2, 0.25) is 0 Å². The van der Waals surface area contributed by atoms with Crippen LogP contribution in [0.3, 0.4) is 0 Å². The molecule has 0 spiro atoms. The van der Waals surface area contributed by atoms with Crippen LogP contribution in [-0.4, -0.2) is 20.7 Å². The average Bonchev–Trinajstić information content (AvgIpc) is 2.68. The zero-order chi connectivity index (χ0) is 10.7. The monoisotopic (exact) mass is 221 g/mol. The van der Waals surface area contributed by atoms with E-state index in [1.165, 1.54) is 15.6 Å². The van der Waals surface area contributed by atoms with E-state index in [2.05, 4.69) is 22.8 Å². The first-order valence-electron chi connectivity index (χ1n) is 5.04. The van der Waals surface area contributed by atoms with Gasteiger partial charge in [-0.05, 0) is 54.5 Å².